The van der Waals surface area contributed by atoms with Crippen molar-refractivity contribution in [2.24, 2.45) is 4.99 Å². The Morgan fingerprint density at radius 3 is 2.19 bits per heavy atom. The number of fused-ring (bicyclic) bond motifs is 1. The summed E-state index contributed by atoms with van der Waals surface area (Å²) in [6.45, 7) is 12.8. The van der Waals surface area contributed by atoms with Crippen molar-refractivity contribution < 1.29 is 19.1 Å². The largest absolute Gasteiger partial charge is 0.444 e. The van der Waals surface area contributed by atoms with Crippen LogP contribution in [0.5, 0.6) is 0 Å². The van der Waals surface area contributed by atoms with E-state index in [4.69, 9.17) is 14.5 Å². The Hall–Kier alpha value is -4.40. The number of carbonyl (C=O) groups excluding carboxylic acids is 2. The highest BCUT2D eigenvalue weighted by molar-refractivity contribution is 5.99. The van der Waals surface area contributed by atoms with Gasteiger partial charge in [-0.05, 0) is 102 Å². The van der Waals surface area contributed by atoms with Gasteiger partial charge in [-0.1, -0.05) is 48.6 Å². The van der Waals surface area contributed by atoms with Crippen LogP contribution in [0.3, 0.4) is 0 Å². The summed E-state index contributed by atoms with van der Waals surface area (Å²) in [7, 11) is 0. The topological polar surface area (TPSA) is 100 Å². The summed E-state index contributed by atoms with van der Waals surface area (Å²) < 4.78 is 11.3. The van der Waals surface area contributed by atoms with Crippen molar-refractivity contribution in [1.29, 1.82) is 0 Å². The van der Waals surface area contributed by atoms with Gasteiger partial charge in [0.1, 0.15) is 17.0 Å². The lowest BCUT2D eigenvalue weighted by molar-refractivity contribution is 0.0216. The summed E-state index contributed by atoms with van der Waals surface area (Å²) in [5.74, 6) is 0.793. The average Bonchev–Trinajstić information content (AvgIpc) is 3.81. The minimum atomic E-state index is -0.530. The minimum absolute atomic E-state index is 0.00607. The fraction of sp³-hybridized carbons (Fsp3) is 0.474. The number of hydrogen-bond donors (Lipinski definition) is 1. The predicted molar refractivity (Wildman–Crippen MR) is 185 cm³/mol. The van der Waals surface area contributed by atoms with Gasteiger partial charge in [-0.25, -0.2) is 14.6 Å². The summed E-state index contributed by atoms with van der Waals surface area (Å²) in [5, 5.41) is 0. The van der Waals surface area contributed by atoms with Crippen LogP contribution in [0.25, 0.3) is 17.3 Å². The van der Waals surface area contributed by atoms with Gasteiger partial charge in [0.2, 0.25) is 0 Å². The highest BCUT2D eigenvalue weighted by Gasteiger charge is 2.37. The van der Waals surface area contributed by atoms with E-state index in [1.54, 1.807) is 4.90 Å². The second kappa shape index (κ2) is 13.0. The number of H-pyrrole nitrogens is 1. The molecule has 0 bridgehead atoms. The van der Waals surface area contributed by atoms with Crippen molar-refractivity contribution in [3.63, 3.8) is 0 Å². The smallest absolute Gasteiger partial charge is 0.410 e. The monoisotopic (exact) mass is 637 g/mol. The SMILES string of the molecule is CC(C)(C)OC(=O)N1CCC[C@H]1C1=Nc2cc(CC=Cc3ccc(-c4cnc([C@@H]5CCCN5C(=O)OC(C)(C)C)[nH]4)cc3)ccc2C1. The first-order valence-corrected chi connectivity index (χ1v) is 16.8. The van der Waals surface area contributed by atoms with Crippen LogP contribution < -0.4 is 0 Å². The molecule has 1 N–H and O–H groups in total. The Kier molecular flexibility index (Phi) is 9.01. The number of likely N-dealkylation sites (tertiary alicyclic amines) is 2. The van der Waals surface area contributed by atoms with Crippen molar-refractivity contribution in [3.05, 3.63) is 77.3 Å². The standard InChI is InChI=1S/C38H47N5O4/c1-37(2,3)46-35(44)42-20-8-12-32(42)30-23-28-19-16-26(22-29(28)40-30)11-7-10-25-14-17-27(18-15-25)31-24-39-34(41-31)33-13-9-21-43(33)36(45)47-38(4,5)6/h7,10,14-19,22,24,32-33H,8-9,11-13,20-21,23H2,1-6H3,(H,39,41)/t32-,33-/m0/s1. The molecule has 0 radical (unpaired) electrons. The number of benzene rings is 2. The van der Waals surface area contributed by atoms with Gasteiger partial charge < -0.3 is 14.5 Å². The molecule has 248 valence electrons. The number of ether oxygens (including phenoxy) is 2. The van der Waals surface area contributed by atoms with Crippen molar-refractivity contribution in [1.82, 2.24) is 19.8 Å². The van der Waals surface area contributed by atoms with Gasteiger partial charge in [0.05, 0.1) is 29.7 Å². The maximum absolute atomic E-state index is 12.8. The second-order valence-electron chi connectivity index (χ2n) is 14.8. The summed E-state index contributed by atoms with van der Waals surface area (Å²) in [5.41, 5.74) is 6.53. The lowest BCUT2D eigenvalue weighted by atomic mass is 10.0. The van der Waals surface area contributed by atoms with Crippen molar-refractivity contribution >= 4 is 29.7 Å². The second-order valence-corrected chi connectivity index (χ2v) is 14.8. The first kappa shape index (κ1) is 32.5. The number of aromatic nitrogens is 2. The van der Waals surface area contributed by atoms with Crippen molar-refractivity contribution in [2.45, 2.75) is 103 Å². The molecule has 2 fully saturated rings. The third-order valence-electron chi connectivity index (χ3n) is 8.73. The Balaban J connectivity index is 1.05. The van der Waals surface area contributed by atoms with Crippen molar-refractivity contribution in [3.8, 4) is 11.3 Å². The van der Waals surface area contributed by atoms with E-state index in [2.05, 4.69) is 64.6 Å². The Morgan fingerprint density at radius 1 is 0.894 bits per heavy atom. The summed E-state index contributed by atoms with van der Waals surface area (Å²) in [6, 6.07) is 14.8. The molecule has 3 aliphatic rings. The van der Waals surface area contributed by atoms with Gasteiger partial charge in [-0.15, -0.1) is 0 Å². The van der Waals surface area contributed by atoms with Gasteiger partial charge in [0.15, 0.2) is 0 Å². The molecule has 2 amide bonds. The highest BCUT2D eigenvalue weighted by atomic mass is 16.6. The van der Waals surface area contributed by atoms with E-state index in [0.29, 0.717) is 13.1 Å². The first-order valence-electron chi connectivity index (χ1n) is 16.8. The minimum Gasteiger partial charge on any atom is -0.444 e. The van der Waals surface area contributed by atoms with Crippen LogP contribution in [0.15, 0.2) is 59.7 Å². The molecule has 1 aromatic heterocycles. The lowest BCUT2D eigenvalue weighted by Crippen LogP contribution is -2.43. The van der Waals surface area contributed by atoms with Crippen LogP contribution in [0.2, 0.25) is 0 Å². The highest BCUT2D eigenvalue weighted by Crippen LogP contribution is 2.34. The molecule has 3 aliphatic heterocycles. The summed E-state index contributed by atoms with van der Waals surface area (Å²) in [4.78, 5) is 42.3. The number of imidazole rings is 1. The molecule has 4 heterocycles. The van der Waals surface area contributed by atoms with Gasteiger partial charge in [-0.3, -0.25) is 14.8 Å². The zero-order chi connectivity index (χ0) is 33.3. The van der Waals surface area contributed by atoms with Crippen LogP contribution in [0.1, 0.15) is 95.8 Å². The van der Waals surface area contributed by atoms with Crippen LogP contribution in [0.4, 0.5) is 15.3 Å². The third-order valence-corrected chi connectivity index (χ3v) is 8.73. The van der Waals surface area contributed by atoms with E-state index >= 15 is 0 Å². The van der Waals surface area contributed by atoms with Gasteiger partial charge >= 0.3 is 12.2 Å². The number of carbonyl (C=O) groups is 2. The van der Waals surface area contributed by atoms with Crippen molar-refractivity contribution in [2.75, 3.05) is 13.1 Å². The molecule has 0 saturated carbocycles. The molecule has 9 nitrogen and oxygen atoms in total. The number of aliphatic imine (C=N–C) groups is 1. The number of nitrogens with one attached hydrogen (secondary N) is 1. The molecule has 0 aliphatic carbocycles. The fourth-order valence-corrected chi connectivity index (χ4v) is 6.57. The van der Waals surface area contributed by atoms with E-state index in [0.717, 1.165) is 72.6 Å². The van der Waals surface area contributed by atoms with E-state index in [1.807, 2.05) is 52.6 Å². The Labute approximate surface area is 278 Å². The zero-order valence-electron chi connectivity index (χ0n) is 28.5. The molecule has 2 atom stereocenters. The Morgan fingerprint density at radius 2 is 1.53 bits per heavy atom. The Bertz CT molecular complexity index is 1670. The zero-order valence-corrected chi connectivity index (χ0v) is 28.5. The molecule has 47 heavy (non-hydrogen) atoms. The molecular weight excluding hydrogens is 590 g/mol. The fourth-order valence-electron chi connectivity index (χ4n) is 6.57. The average molecular weight is 638 g/mol. The third kappa shape index (κ3) is 7.77. The molecule has 9 heteroatoms. The van der Waals surface area contributed by atoms with Crippen LogP contribution in [0, 0.1) is 0 Å². The molecular formula is C38H47N5O4. The number of hydrogen-bond acceptors (Lipinski definition) is 6. The quantitative estimate of drug-likeness (QED) is 0.292. The van der Waals surface area contributed by atoms with Gasteiger partial charge in [0.25, 0.3) is 0 Å². The molecule has 3 aromatic rings. The van der Waals surface area contributed by atoms with Gasteiger partial charge in [-0.2, -0.15) is 0 Å². The number of rotatable bonds is 6. The summed E-state index contributed by atoms with van der Waals surface area (Å²) >= 11 is 0. The number of nitrogens with zero attached hydrogens (tertiary/aromatic N) is 4. The number of allylic oxidation sites excluding steroid dienone is 1. The van der Waals surface area contributed by atoms with E-state index in [9.17, 15) is 9.59 Å². The molecule has 0 spiro atoms. The first-order chi connectivity index (χ1) is 22.3. The lowest BCUT2D eigenvalue weighted by Gasteiger charge is -2.28. The van der Waals surface area contributed by atoms with Gasteiger partial charge in [0, 0.05) is 25.2 Å². The van der Waals surface area contributed by atoms with E-state index in [-0.39, 0.29) is 24.3 Å². The number of aromatic amines is 1. The molecule has 6 rings (SSSR count). The molecule has 2 aromatic carbocycles. The molecule has 0 unspecified atom stereocenters. The number of amides is 2. The van der Waals surface area contributed by atoms with Crippen LogP contribution in [-0.2, 0) is 22.3 Å². The van der Waals surface area contributed by atoms with E-state index in [1.165, 1.54) is 11.1 Å². The van der Waals surface area contributed by atoms with Crippen LogP contribution in [-0.4, -0.2) is 68.0 Å². The maximum atomic E-state index is 12.8. The maximum Gasteiger partial charge on any atom is 0.410 e. The normalized spacial score (nSPS) is 19.7. The predicted octanol–water partition coefficient (Wildman–Crippen LogP) is 8.43. The van der Waals surface area contributed by atoms with E-state index < -0.39 is 11.2 Å². The summed E-state index contributed by atoms with van der Waals surface area (Å²) in [6.07, 6.45) is 10.9. The molecule has 2 saturated heterocycles. The van der Waals surface area contributed by atoms with Crippen LogP contribution >= 0.6 is 0 Å².